The summed E-state index contributed by atoms with van der Waals surface area (Å²) >= 11 is 0. The van der Waals surface area contributed by atoms with Crippen LogP contribution in [0.2, 0.25) is 0 Å². The molecule has 2 rings (SSSR count). The summed E-state index contributed by atoms with van der Waals surface area (Å²) in [6.45, 7) is 7.42. The summed E-state index contributed by atoms with van der Waals surface area (Å²) in [5, 5.41) is 2.97. The summed E-state index contributed by atoms with van der Waals surface area (Å²) in [4.78, 5) is 26.3. The number of carbonyl (C=O) groups excluding carboxylic acids is 2. The van der Waals surface area contributed by atoms with E-state index in [2.05, 4.69) is 12.2 Å². The number of carbonyl (C=O) groups is 2. The molecule has 1 aliphatic rings. The molecular weight excluding hydrogens is 264 g/mol. The van der Waals surface area contributed by atoms with Crippen molar-refractivity contribution >= 4 is 17.5 Å². The first kappa shape index (κ1) is 15.5. The average Bonchev–Trinajstić information content (AvgIpc) is 3.29. The van der Waals surface area contributed by atoms with Crippen molar-refractivity contribution in [2.24, 2.45) is 11.8 Å². The molecule has 1 aromatic rings. The maximum Gasteiger partial charge on any atom is 0.228 e. The van der Waals surface area contributed by atoms with Crippen molar-refractivity contribution in [3.8, 4) is 0 Å². The second kappa shape index (κ2) is 6.74. The zero-order chi connectivity index (χ0) is 15.4. The molecule has 0 bridgehead atoms. The molecule has 0 spiro atoms. The molecule has 1 N–H and O–H groups in total. The van der Waals surface area contributed by atoms with Crippen LogP contribution in [0.15, 0.2) is 24.3 Å². The van der Waals surface area contributed by atoms with Gasteiger partial charge in [0.25, 0.3) is 0 Å². The Morgan fingerprint density at radius 2 is 1.81 bits per heavy atom. The molecule has 2 amide bonds. The Labute approximate surface area is 126 Å². The van der Waals surface area contributed by atoms with Crippen LogP contribution in [0.4, 0.5) is 5.69 Å². The summed E-state index contributed by atoms with van der Waals surface area (Å²) in [7, 11) is 0. The van der Waals surface area contributed by atoms with Crippen molar-refractivity contribution in [3.63, 3.8) is 0 Å². The van der Waals surface area contributed by atoms with E-state index in [9.17, 15) is 9.59 Å². The number of aryl methyl sites for hydroxylation is 1. The van der Waals surface area contributed by atoms with Crippen molar-refractivity contribution in [3.05, 3.63) is 29.8 Å². The van der Waals surface area contributed by atoms with Gasteiger partial charge in [-0.1, -0.05) is 25.1 Å². The molecule has 1 saturated carbocycles. The highest BCUT2D eigenvalue weighted by molar-refractivity contribution is 5.99. The number of nitrogens with one attached hydrogen (secondary N) is 1. The summed E-state index contributed by atoms with van der Waals surface area (Å²) < 4.78 is 0. The van der Waals surface area contributed by atoms with Crippen LogP contribution in [0.25, 0.3) is 0 Å². The lowest BCUT2D eigenvalue weighted by Gasteiger charge is -2.18. The Bertz CT molecular complexity index is 523. The van der Waals surface area contributed by atoms with E-state index in [1.54, 1.807) is 4.90 Å². The predicted molar refractivity (Wildman–Crippen MR) is 84.0 cm³/mol. The lowest BCUT2D eigenvalue weighted by Crippen LogP contribution is -2.33. The van der Waals surface area contributed by atoms with Crippen LogP contribution in [0, 0.1) is 11.8 Å². The highest BCUT2D eigenvalue weighted by Crippen LogP contribution is 2.41. The molecular formula is C17H24N2O2. The van der Waals surface area contributed by atoms with Crippen molar-refractivity contribution in [1.82, 2.24) is 4.90 Å². The van der Waals surface area contributed by atoms with E-state index in [0.717, 1.165) is 17.7 Å². The number of hydrogen-bond acceptors (Lipinski definition) is 2. The van der Waals surface area contributed by atoms with Crippen molar-refractivity contribution in [2.75, 3.05) is 18.4 Å². The molecule has 4 nitrogen and oxygen atoms in total. The van der Waals surface area contributed by atoms with E-state index in [1.165, 1.54) is 0 Å². The third kappa shape index (κ3) is 3.43. The van der Waals surface area contributed by atoms with E-state index < -0.39 is 0 Å². The van der Waals surface area contributed by atoms with Gasteiger partial charge >= 0.3 is 0 Å². The first-order valence-corrected chi connectivity index (χ1v) is 7.79. The van der Waals surface area contributed by atoms with Crippen LogP contribution >= 0.6 is 0 Å². The number of benzene rings is 1. The topological polar surface area (TPSA) is 49.4 Å². The predicted octanol–water partition coefficient (Wildman–Crippen LogP) is 2.69. The largest absolute Gasteiger partial charge is 0.343 e. The van der Waals surface area contributed by atoms with Crippen LogP contribution in [0.5, 0.6) is 0 Å². The maximum absolute atomic E-state index is 12.3. The second-order valence-corrected chi connectivity index (χ2v) is 5.46. The van der Waals surface area contributed by atoms with E-state index in [0.29, 0.717) is 19.5 Å². The van der Waals surface area contributed by atoms with Crippen molar-refractivity contribution in [1.29, 1.82) is 0 Å². The summed E-state index contributed by atoms with van der Waals surface area (Å²) in [5.74, 6) is -0.202. The number of amides is 2. The van der Waals surface area contributed by atoms with Gasteiger partial charge in [-0.2, -0.15) is 0 Å². The van der Waals surface area contributed by atoms with Crippen LogP contribution in [-0.2, 0) is 16.0 Å². The van der Waals surface area contributed by atoms with Gasteiger partial charge in [-0.15, -0.1) is 0 Å². The molecule has 1 fully saturated rings. The molecule has 0 heterocycles. The third-order valence-corrected chi connectivity index (χ3v) is 4.18. The molecule has 114 valence electrons. The van der Waals surface area contributed by atoms with Crippen LogP contribution < -0.4 is 5.32 Å². The van der Waals surface area contributed by atoms with Gasteiger partial charge in [0.15, 0.2) is 0 Å². The normalized spacial score (nSPS) is 20.0. The maximum atomic E-state index is 12.3. The van der Waals surface area contributed by atoms with Gasteiger partial charge in [0.1, 0.15) is 0 Å². The Morgan fingerprint density at radius 1 is 1.14 bits per heavy atom. The SMILES string of the molecule is CCc1ccccc1NC(=O)C1CC1C(=O)N(CC)CC. The highest BCUT2D eigenvalue weighted by atomic mass is 16.2. The van der Waals surface area contributed by atoms with Gasteiger partial charge in [-0.05, 0) is 38.3 Å². The zero-order valence-corrected chi connectivity index (χ0v) is 13.1. The van der Waals surface area contributed by atoms with E-state index >= 15 is 0 Å². The number of hydrogen-bond donors (Lipinski definition) is 1. The van der Waals surface area contributed by atoms with Crippen molar-refractivity contribution in [2.45, 2.75) is 33.6 Å². The number of anilines is 1. The Balaban J connectivity index is 1.96. The fourth-order valence-corrected chi connectivity index (χ4v) is 2.70. The molecule has 0 aromatic heterocycles. The number of nitrogens with zero attached hydrogens (tertiary/aromatic N) is 1. The van der Waals surface area contributed by atoms with Gasteiger partial charge in [-0.3, -0.25) is 9.59 Å². The summed E-state index contributed by atoms with van der Waals surface area (Å²) in [6, 6.07) is 7.82. The molecule has 1 aromatic carbocycles. The fraction of sp³-hybridized carbons (Fsp3) is 0.529. The van der Waals surface area contributed by atoms with Crippen LogP contribution in [0.3, 0.4) is 0 Å². The number of para-hydroxylation sites is 1. The lowest BCUT2D eigenvalue weighted by molar-refractivity contribution is -0.133. The first-order chi connectivity index (χ1) is 10.1. The Kier molecular flexibility index (Phi) is 4.99. The smallest absolute Gasteiger partial charge is 0.228 e. The van der Waals surface area contributed by atoms with E-state index in [4.69, 9.17) is 0 Å². The third-order valence-electron chi connectivity index (χ3n) is 4.18. The Morgan fingerprint density at radius 3 is 2.43 bits per heavy atom. The molecule has 0 aliphatic heterocycles. The fourth-order valence-electron chi connectivity index (χ4n) is 2.70. The second-order valence-electron chi connectivity index (χ2n) is 5.46. The average molecular weight is 288 g/mol. The molecule has 0 radical (unpaired) electrons. The summed E-state index contributed by atoms with van der Waals surface area (Å²) in [6.07, 6.45) is 1.55. The quantitative estimate of drug-likeness (QED) is 0.875. The van der Waals surface area contributed by atoms with Gasteiger partial charge in [0.2, 0.25) is 11.8 Å². The van der Waals surface area contributed by atoms with Gasteiger partial charge in [-0.25, -0.2) is 0 Å². The van der Waals surface area contributed by atoms with Gasteiger partial charge in [0, 0.05) is 18.8 Å². The van der Waals surface area contributed by atoms with E-state index in [1.807, 2.05) is 38.1 Å². The zero-order valence-electron chi connectivity index (χ0n) is 13.1. The van der Waals surface area contributed by atoms with Gasteiger partial charge in [0.05, 0.1) is 11.8 Å². The standard InChI is InChI=1S/C17H24N2O2/c1-4-12-9-7-8-10-15(12)18-16(20)13-11-14(13)17(21)19(5-2)6-3/h7-10,13-14H,4-6,11H2,1-3H3,(H,18,20). The number of rotatable bonds is 6. The monoisotopic (exact) mass is 288 g/mol. The van der Waals surface area contributed by atoms with Crippen LogP contribution in [0.1, 0.15) is 32.8 Å². The van der Waals surface area contributed by atoms with Crippen molar-refractivity contribution < 1.29 is 9.59 Å². The highest BCUT2D eigenvalue weighted by Gasteiger charge is 2.49. The minimum Gasteiger partial charge on any atom is -0.343 e. The molecule has 21 heavy (non-hydrogen) atoms. The Hall–Kier alpha value is -1.84. The van der Waals surface area contributed by atoms with Crippen LogP contribution in [-0.4, -0.2) is 29.8 Å². The molecule has 2 atom stereocenters. The molecule has 1 aliphatic carbocycles. The van der Waals surface area contributed by atoms with E-state index in [-0.39, 0.29) is 23.7 Å². The molecule has 4 heteroatoms. The lowest BCUT2D eigenvalue weighted by atomic mass is 10.1. The molecule has 0 saturated heterocycles. The minimum atomic E-state index is -0.164. The first-order valence-electron chi connectivity index (χ1n) is 7.79. The van der Waals surface area contributed by atoms with Gasteiger partial charge < -0.3 is 10.2 Å². The summed E-state index contributed by atoms with van der Waals surface area (Å²) in [5.41, 5.74) is 1.99. The molecule has 2 unspecified atom stereocenters. The minimum absolute atomic E-state index is 0.0265.